The van der Waals surface area contributed by atoms with Crippen molar-refractivity contribution in [3.05, 3.63) is 59.9 Å². The van der Waals surface area contributed by atoms with Gasteiger partial charge in [0.1, 0.15) is 5.82 Å². The minimum Gasteiger partial charge on any atom is -0.349 e. The number of hydrogen-bond donors (Lipinski definition) is 2. The van der Waals surface area contributed by atoms with Gasteiger partial charge in [-0.05, 0) is 56.1 Å². The maximum absolute atomic E-state index is 13.8. The summed E-state index contributed by atoms with van der Waals surface area (Å²) >= 11 is 0. The van der Waals surface area contributed by atoms with Gasteiger partial charge < -0.3 is 10.2 Å². The first-order valence-corrected chi connectivity index (χ1v) is 11.8. The predicted molar refractivity (Wildman–Crippen MR) is 115 cm³/mol. The number of nitrogens with zero attached hydrogens (tertiary/aromatic N) is 1. The third kappa shape index (κ3) is 5.79. The second kappa shape index (κ2) is 10.0. The minimum atomic E-state index is -4.02. The van der Waals surface area contributed by atoms with Crippen molar-refractivity contribution >= 4 is 21.6 Å². The molecule has 1 saturated heterocycles. The first kappa shape index (κ1) is 22.2. The van der Waals surface area contributed by atoms with Crippen LogP contribution in [0.3, 0.4) is 0 Å². The molecule has 0 aromatic heterocycles. The highest BCUT2D eigenvalue weighted by molar-refractivity contribution is 7.92. The fourth-order valence-corrected chi connectivity index (χ4v) is 4.62. The van der Waals surface area contributed by atoms with Crippen LogP contribution in [-0.2, 0) is 10.0 Å². The van der Waals surface area contributed by atoms with Gasteiger partial charge in [-0.3, -0.25) is 9.52 Å². The Balaban J connectivity index is 1.63. The Morgan fingerprint density at radius 3 is 2.57 bits per heavy atom. The van der Waals surface area contributed by atoms with E-state index in [0.29, 0.717) is 0 Å². The Morgan fingerprint density at radius 1 is 1.13 bits per heavy atom. The molecule has 1 aliphatic heterocycles. The van der Waals surface area contributed by atoms with Crippen molar-refractivity contribution in [1.82, 2.24) is 10.2 Å². The van der Waals surface area contributed by atoms with Crippen LogP contribution in [0.2, 0.25) is 0 Å². The molecule has 8 heteroatoms. The number of nitrogens with one attached hydrogen (secondary N) is 2. The van der Waals surface area contributed by atoms with Gasteiger partial charge in [0, 0.05) is 24.7 Å². The fourth-order valence-electron chi connectivity index (χ4n) is 3.50. The van der Waals surface area contributed by atoms with Crippen molar-refractivity contribution in [1.29, 1.82) is 0 Å². The third-order valence-corrected chi connectivity index (χ3v) is 6.64. The molecule has 1 aliphatic rings. The van der Waals surface area contributed by atoms with Crippen LogP contribution in [0.1, 0.15) is 43.0 Å². The summed E-state index contributed by atoms with van der Waals surface area (Å²) in [5.41, 5.74) is 0.127. The number of likely N-dealkylation sites (tertiary alicyclic amines) is 1. The number of amides is 1. The number of rotatable bonds is 8. The van der Waals surface area contributed by atoms with Gasteiger partial charge in [-0.2, -0.15) is 0 Å². The third-order valence-electron chi connectivity index (χ3n) is 5.28. The molecule has 0 atom stereocenters. The van der Waals surface area contributed by atoms with Crippen molar-refractivity contribution in [3.8, 4) is 0 Å². The van der Waals surface area contributed by atoms with E-state index in [9.17, 15) is 17.6 Å². The molecule has 0 saturated carbocycles. The Hall–Kier alpha value is -2.45. The zero-order valence-electron chi connectivity index (χ0n) is 17.1. The lowest BCUT2D eigenvalue weighted by Gasteiger charge is -2.32. The van der Waals surface area contributed by atoms with E-state index in [1.165, 1.54) is 49.2 Å². The smallest absolute Gasteiger partial charge is 0.262 e. The Morgan fingerprint density at radius 2 is 1.87 bits per heavy atom. The molecule has 3 rings (SSSR count). The Labute approximate surface area is 177 Å². The van der Waals surface area contributed by atoms with Crippen molar-refractivity contribution in [2.24, 2.45) is 0 Å². The molecule has 1 heterocycles. The van der Waals surface area contributed by atoms with Crippen LogP contribution in [0.4, 0.5) is 10.1 Å². The summed E-state index contributed by atoms with van der Waals surface area (Å²) < 4.78 is 41.3. The van der Waals surface area contributed by atoms with Crippen molar-refractivity contribution in [2.75, 3.05) is 24.4 Å². The molecule has 162 valence electrons. The second-order valence-corrected chi connectivity index (χ2v) is 9.24. The van der Waals surface area contributed by atoms with Crippen LogP contribution < -0.4 is 10.0 Å². The average molecular weight is 434 g/mol. The standard InChI is InChI=1S/C22H28FN3O3S/c1-2-3-13-26-14-11-18(12-15-26)24-22(27)17-7-6-8-19(16-17)30(28,29)25-21-10-5-4-9-20(21)23/h4-10,16,18,25H,2-3,11-15H2,1H3,(H,24,27). The van der Waals surface area contributed by atoms with Crippen molar-refractivity contribution < 1.29 is 17.6 Å². The number of carbonyl (C=O) groups excluding carboxylic acids is 1. The van der Waals surface area contributed by atoms with E-state index in [4.69, 9.17) is 0 Å². The van der Waals surface area contributed by atoms with Gasteiger partial charge in [-0.15, -0.1) is 0 Å². The van der Waals surface area contributed by atoms with Gasteiger partial charge in [0.25, 0.3) is 15.9 Å². The largest absolute Gasteiger partial charge is 0.349 e. The van der Waals surface area contributed by atoms with E-state index in [-0.39, 0.29) is 28.1 Å². The number of benzene rings is 2. The van der Waals surface area contributed by atoms with Gasteiger partial charge in [0.05, 0.1) is 10.6 Å². The summed E-state index contributed by atoms with van der Waals surface area (Å²) in [7, 11) is -4.02. The number of sulfonamides is 1. The zero-order chi connectivity index (χ0) is 21.6. The number of anilines is 1. The molecular weight excluding hydrogens is 405 g/mol. The molecule has 0 aliphatic carbocycles. The maximum Gasteiger partial charge on any atom is 0.262 e. The number of unbranched alkanes of at least 4 members (excludes halogenated alkanes) is 1. The van der Waals surface area contributed by atoms with Gasteiger partial charge in [0.15, 0.2) is 0 Å². The van der Waals surface area contributed by atoms with E-state index in [0.717, 1.165) is 32.5 Å². The molecule has 0 radical (unpaired) electrons. The summed E-state index contributed by atoms with van der Waals surface area (Å²) in [5, 5.41) is 3.01. The monoisotopic (exact) mass is 433 g/mol. The van der Waals surface area contributed by atoms with E-state index >= 15 is 0 Å². The highest BCUT2D eigenvalue weighted by Gasteiger charge is 2.22. The molecule has 1 amide bonds. The molecule has 6 nitrogen and oxygen atoms in total. The number of carbonyl (C=O) groups is 1. The summed E-state index contributed by atoms with van der Waals surface area (Å²) in [6.45, 7) is 5.16. The SMILES string of the molecule is CCCCN1CCC(NC(=O)c2cccc(S(=O)(=O)Nc3ccccc3F)c2)CC1. The topological polar surface area (TPSA) is 78.5 Å². The first-order chi connectivity index (χ1) is 14.4. The Bertz CT molecular complexity index is 973. The molecule has 2 N–H and O–H groups in total. The van der Waals surface area contributed by atoms with Gasteiger partial charge in [-0.1, -0.05) is 31.5 Å². The molecule has 1 fully saturated rings. The summed E-state index contributed by atoms with van der Waals surface area (Å²) in [5.74, 6) is -0.967. The van der Waals surface area contributed by atoms with Gasteiger partial charge in [0.2, 0.25) is 0 Å². The summed E-state index contributed by atoms with van der Waals surface area (Å²) in [6, 6.07) is 11.4. The van der Waals surface area contributed by atoms with E-state index in [1.807, 2.05) is 0 Å². The molecule has 30 heavy (non-hydrogen) atoms. The van der Waals surface area contributed by atoms with Crippen LogP contribution in [-0.4, -0.2) is 44.9 Å². The second-order valence-electron chi connectivity index (χ2n) is 7.56. The molecule has 2 aromatic carbocycles. The lowest BCUT2D eigenvalue weighted by atomic mass is 10.0. The number of para-hydroxylation sites is 1. The maximum atomic E-state index is 13.8. The number of piperidine rings is 1. The van der Waals surface area contributed by atoms with E-state index < -0.39 is 15.8 Å². The quantitative estimate of drug-likeness (QED) is 0.667. The highest BCUT2D eigenvalue weighted by Crippen LogP contribution is 2.20. The lowest BCUT2D eigenvalue weighted by molar-refractivity contribution is 0.0910. The van der Waals surface area contributed by atoms with E-state index in [1.54, 1.807) is 12.1 Å². The van der Waals surface area contributed by atoms with Crippen LogP contribution in [0.5, 0.6) is 0 Å². The fraction of sp³-hybridized carbons (Fsp3) is 0.409. The highest BCUT2D eigenvalue weighted by atomic mass is 32.2. The predicted octanol–water partition coefficient (Wildman–Crippen LogP) is 3.62. The van der Waals surface area contributed by atoms with Gasteiger partial charge >= 0.3 is 0 Å². The minimum absolute atomic E-state index is 0.0761. The molecule has 2 aromatic rings. The average Bonchev–Trinajstić information content (AvgIpc) is 2.75. The van der Waals surface area contributed by atoms with E-state index in [2.05, 4.69) is 21.9 Å². The summed E-state index contributed by atoms with van der Waals surface area (Å²) in [4.78, 5) is 15.0. The number of hydrogen-bond acceptors (Lipinski definition) is 4. The van der Waals surface area contributed by atoms with Gasteiger partial charge in [-0.25, -0.2) is 12.8 Å². The molecule has 0 spiro atoms. The molecular formula is C22H28FN3O3S. The first-order valence-electron chi connectivity index (χ1n) is 10.3. The van der Waals surface area contributed by atoms with Crippen LogP contribution in [0.15, 0.2) is 53.4 Å². The Kier molecular flexibility index (Phi) is 7.44. The molecule has 0 unspecified atom stereocenters. The normalized spacial score (nSPS) is 15.7. The lowest BCUT2D eigenvalue weighted by Crippen LogP contribution is -2.44. The molecule has 0 bridgehead atoms. The van der Waals surface area contributed by atoms with Crippen molar-refractivity contribution in [2.45, 2.75) is 43.5 Å². The van der Waals surface area contributed by atoms with Crippen LogP contribution >= 0.6 is 0 Å². The van der Waals surface area contributed by atoms with Crippen LogP contribution in [0, 0.1) is 5.82 Å². The number of halogens is 1. The zero-order valence-corrected chi connectivity index (χ0v) is 17.9. The van der Waals surface area contributed by atoms with Crippen molar-refractivity contribution in [3.63, 3.8) is 0 Å². The summed E-state index contributed by atoms with van der Waals surface area (Å²) in [6.07, 6.45) is 4.10. The van der Waals surface area contributed by atoms with Crippen LogP contribution in [0.25, 0.3) is 0 Å².